The van der Waals surface area contributed by atoms with Crippen LogP contribution in [0.3, 0.4) is 0 Å². The first-order valence-electron chi connectivity index (χ1n) is 4.98. The predicted octanol–water partition coefficient (Wildman–Crippen LogP) is 2.49. The summed E-state index contributed by atoms with van der Waals surface area (Å²) in [5, 5.41) is 9.67. The van der Waals surface area contributed by atoms with Crippen molar-refractivity contribution >= 4 is 0 Å². The molecule has 0 spiro atoms. The molecule has 0 aromatic heterocycles. The molecule has 1 N–H and O–H groups in total. The van der Waals surface area contributed by atoms with Gasteiger partial charge in [0.2, 0.25) is 0 Å². The Morgan fingerprint density at radius 3 is 2.43 bits per heavy atom. The van der Waals surface area contributed by atoms with E-state index in [9.17, 15) is 5.11 Å². The highest BCUT2D eigenvalue weighted by molar-refractivity contribution is 5.19. The molecule has 1 aromatic rings. The molecule has 2 heteroatoms. The molecule has 0 bridgehead atoms. The zero-order valence-electron chi connectivity index (χ0n) is 8.60. The second-order valence-corrected chi connectivity index (χ2v) is 4.58. The third-order valence-corrected chi connectivity index (χ3v) is 2.84. The van der Waals surface area contributed by atoms with Crippen molar-refractivity contribution < 1.29 is 9.84 Å². The largest absolute Gasteiger partial charge is 0.367 e. The fourth-order valence-electron chi connectivity index (χ4n) is 1.83. The highest BCUT2D eigenvalue weighted by atomic mass is 16.6. The fourth-order valence-corrected chi connectivity index (χ4v) is 1.83. The molecule has 0 radical (unpaired) electrons. The van der Waals surface area contributed by atoms with Crippen LogP contribution in [0.15, 0.2) is 30.3 Å². The van der Waals surface area contributed by atoms with Crippen molar-refractivity contribution in [1.82, 2.24) is 0 Å². The van der Waals surface area contributed by atoms with Crippen LogP contribution in [0.5, 0.6) is 0 Å². The monoisotopic (exact) mass is 192 g/mol. The molecule has 0 aliphatic carbocycles. The van der Waals surface area contributed by atoms with Gasteiger partial charge in [-0.2, -0.15) is 0 Å². The van der Waals surface area contributed by atoms with Crippen LogP contribution >= 0.6 is 0 Å². The van der Waals surface area contributed by atoms with E-state index in [1.807, 2.05) is 44.2 Å². The van der Waals surface area contributed by atoms with Crippen LogP contribution in [0.25, 0.3) is 0 Å². The molecule has 0 saturated carbocycles. The Hall–Kier alpha value is -0.860. The molecule has 1 fully saturated rings. The van der Waals surface area contributed by atoms with Gasteiger partial charge in [0.1, 0.15) is 0 Å². The summed E-state index contributed by atoms with van der Waals surface area (Å²) in [7, 11) is 0. The van der Waals surface area contributed by atoms with Gasteiger partial charge >= 0.3 is 0 Å². The summed E-state index contributed by atoms with van der Waals surface area (Å²) in [4.78, 5) is 0. The van der Waals surface area contributed by atoms with Gasteiger partial charge in [0.05, 0.1) is 6.10 Å². The number of aliphatic hydroxyl groups is 1. The summed E-state index contributed by atoms with van der Waals surface area (Å²) < 4.78 is 5.52. The van der Waals surface area contributed by atoms with Crippen LogP contribution in [0.1, 0.15) is 31.9 Å². The van der Waals surface area contributed by atoms with Crippen LogP contribution < -0.4 is 0 Å². The minimum Gasteiger partial charge on any atom is -0.367 e. The molecule has 1 heterocycles. The van der Waals surface area contributed by atoms with Gasteiger partial charge in [-0.1, -0.05) is 44.2 Å². The van der Waals surface area contributed by atoms with Gasteiger partial charge in [-0.3, -0.25) is 0 Å². The molecule has 2 rings (SSSR count). The first kappa shape index (κ1) is 9.69. The van der Waals surface area contributed by atoms with Crippen molar-refractivity contribution in [3.63, 3.8) is 0 Å². The van der Waals surface area contributed by atoms with E-state index in [0.717, 1.165) is 12.0 Å². The standard InChI is InChI=1S/C12H16O2/c1-12(2)8-10(14-11(12)13)9-6-4-3-5-7-9/h3-7,10-11,13H,8H2,1-2H3. The van der Waals surface area contributed by atoms with E-state index in [1.54, 1.807) is 0 Å². The Balaban J connectivity index is 2.17. The highest BCUT2D eigenvalue weighted by Crippen LogP contribution is 2.43. The number of aliphatic hydroxyl groups excluding tert-OH is 1. The molecule has 2 atom stereocenters. The Bertz CT molecular complexity index is 305. The normalized spacial score (nSPS) is 30.5. The lowest BCUT2D eigenvalue weighted by Crippen LogP contribution is -2.23. The number of rotatable bonds is 1. The summed E-state index contributed by atoms with van der Waals surface area (Å²) in [6, 6.07) is 10.1. The van der Waals surface area contributed by atoms with Crippen molar-refractivity contribution in [2.45, 2.75) is 32.7 Å². The van der Waals surface area contributed by atoms with E-state index in [1.165, 1.54) is 0 Å². The third-order valence-electron chi connectivity index (χ3n) is 2.84. The van der Waals surface area contributed by atoms with E-state index in [4.69, 9.17) is 4.74 Å². The highest BCUT2D eigenvalue weighted by Gasteiger charge is 2.40. The molecular formula is C12H16O2. The number of ether oxygens (including phenoxy) is 1. The summed E-state index contributed by atoms with van der Waals surface area (Å²) in [5.41, 5.74) is 1.01. The number of hydrogen-bond donors (Lipinski definition) is 1. The first-order valence-corrected chi connectivity index (χ1v) is 4.98. The van der Waals surface area contributed by atoms with Crippen molar-refractivity contribution in [3.8, 4) is 0 Å². The maximum atomic E-state index is 9.67. The van der Waals surface area contributed by atoms with Crippen molar-refractivity contribution in [3.05, 3.63) is 35.9 Å². The lowest BCUT2D eigenvalue weighted by molar-refractivity contribution is -0.128. The predicted molar refractivity (Wildman–Crippen MR) is 54.7 cm³/mol. The molecular weight excluding hydrogens is 176 g/mol. The van der Waals surface area contributed by atoms with E-state index in [-0.39, 0.29) is 11.5 Å². The minimum atomic E-state index is -0.646. The van der Waals surface area contributed by atoms with E-state index < -0.39 is 6.29 Å². The van der Waals surface area contributed by atoms with E-state index in [0.29, 0.717) is 0 Å². The first-order chi connectivity index (χ1) is 6.59. The van der Waals surface area contributed by atoms with Gasteiger partial charge in [-0.25, -0.2) is 0 Å². The summed E-state index contributed by atoms with van der Waals surface area (Å²) in [5.74, 6) is 0. The molecule has 2 unspecified atom stereocenters. The number of hydrogen-bond acceptors (Lipinski definition) is 2. The van der Waals surface area contributed by atoms with Crippen LogP contribution in [-0.4, -0.2) is 11.4 Å². The fraction of sp³-hybridized carbons (Fsp3) is 0.500. The van der Waals surface area contributed by atoms with Crippen molar-refractivity contribution in [1.29, 1.82) is 0 Å². The van der Waals surface area contributed by atoms with E-state index in [2.05, 4.69) is 0 Å². The van der Waals surface area contributed by atoms with Gasteiger partial charge in [-0.05, 0) is 12.0 Å². The van der Waals surface area contributed by atoms with Crippen LogP contribution in [-0.2, 0) is 4.74 Å². The molecule has 1 aliphatic heterocycles. The maximum Gasteiger partial charge on any atom is 0.160 e. The second-order valence-electron chi connectivity index (χ2n) is 4.58. The molecule has 1 saturated heterocycles. The Morgan fingerprint density at radius 2 is 1.93 bits per heavy atom. The molecule has 1 aliphatic rings. The van der Waals surface area contributed by atoms with Crippen molar-refractivity contribution in [2.75, 3.05) is 0 Å². The second kappa shape index (κ2) is 3.37. The lowest BCUT2D eigenvalue weighted by atomic mass is 9.87. The Morgan fingerprint density at radius 1 is 1.29 bits per heavy atom. The third kappa shape index (κ3) is 1.68. The van der Waals surface area contributed by atoms with Gasteiger partial charge in [0, 0.05) is 5.41 Å². The van der Waals surface area contributed by atoms with Gasteiger partial charge < -0.3 is 9.84 Å². The Labute approximate surface area is 84.5 Å². The molecule has 2 nitrogen and oxygen atoms in total. The smallest absolute Gasteiger partial charge is 0.160 e. The molecule has 14 heavy (non-hydrogen) atoms. The summed E-state index contributed by atoms with van der Waals surface area (Å²) in [6.07, 6.45) is 0.270. The lowest BCUT2D eigenvalue weighted by Gasteiger charge is -2.18. The van der Waals surface area contributed by atoms with Gasteiger partial charge in [-0.15, -0.1) is 0 Å². The molecule has 76 valence electrons. The van der Waals surface area contributed by atoms with Crippen LogP contribution in [0, 0.1) is 5.41 Å². The quantitative estimate of drug-likeness (QED) is 0.740. The topological polar surface area (TPSA) is 29.5 Å². The summed E-state index contributed by atoms with van der Waals surface area (Å²) in [6.45, 7) is 4.06. The van der Waals surface area contributed by atoms with Crippen molar-refractivity contribution in [2.24, 2.45) is 5.41 Å². The minimum absolute atomic E-state index is 0.0428. The van der Waals surface area contributed by atoms with E-state index >= 15 is 0 Å². The zero-order valence-corrected chi connectivity index (χ0v) is 8.60. The summed E-state index contributed by atoms with van der Waals surface area (Å²) >= 11 is 0. The molecule has 1 aromatic carbocycles. The Kier molecular flexibility index (Phi) is 2.33. The maximum absolute atomic E-state index is 9.67. The van der Waals surface area contributed by atoms with Crippen LogP contribution in [0.2, 0.25) is 0 Å². The average molecular weight is 192 g/mol. The number of benzene rings is 1. The van der Waals surface area contributed by atoms with Gasteiger partial charge in [0.25, 0.3) is 0 Å². The van der Waals surface area contributed by atoms with Gasteiger partial charge in [0.15, 0.2) is 6.29 Å². The molecule has 0 amide bonds. The van der Waals surface area contributed by atoms with Crippen LogP contribution in [0.4, 0.5) is 0 Å². The zero-order chi connectivity index (χ0) is 10.2. The average Bonchev–Trinajstić information content (AvgIpc) is 2.43. The SMILES string of the molecule is CC1(C)CC(c2ccccc2)OC1O.